The number of aromatic hydroxyl groups is 1. The lowest BCUT2D eigenvalue weighted by atomic mass is 10.3. The molecule has 0 radical (unpaired) electrons. The number of phenolic OH excluding ortho intramolecular Hbond substituents is 1. The largest absolute Gasteiger partial charge is 0.508 e. The summed E-state index contributed by atoms with van der Waals surface area (Å²) in [6, 6.07) is 14.2. The molecule has 3 rings (SSSR count). The molecule has 5 heteroatoms. The second kappa shape index (κ2) is 5.58. The number of rotatable bonds is 4. The molecule has 3 aromatic rings. The van der Waals surface area contributed by atoms with Crippen LogP contribution in [0.1, 0.15) is 0 Å². The van der Waals surface area contributed by atoms with Crippen molar-refractivity contribution < 1.29 is 14.6 Å². The number of nitrogens with zero attached hydrogens (tertiary/aromatic N) is 2. The maximum absolute atomic E-state index is 9.43. The third-order valence-corrected chi connectivity index (χ3v) is 2.94. The molecule has 106 valence electrons. The Hall–Kier alpha value is -2.95. The zero-order valence-electron chi connectivity index (χ0n) is 11.4. The molecule has 1 aromatic heterocycles. The monoisotopic (exact) mass is 282 g/mol. The lowest BCUT2D eigenvalue weighted by Crippen LogP contribution is -1.97. The van der Waals surface area contributed by atoms with Crippen LogP contribution in [0, 0.1) is 0 Å². The van der Waals surface area contributed by atoms with E-state index in [1.54, 1.807) is 48.5 Å². The van der Waals surface area contributed by atoms with Gasteiger partial charge >= 0.3 is 0 Å². The first-order chi connectivity index (χ1) is 10.3. The molecule has 0 amide bonds. The van der Waals surface area contributed by atoms with E-state index in [2.05, 4.69) is 5.10 Å². The summed E-state index contributed by atoms with van der Waals surface area (Å²) >= 11 is 0. The maximum Gasteiger partial charge on any atom is 0.165 e. The van der Waals surface area contributed by atoms with E-state index in [9.17, 15) is 5.11 Å². The first-order valence-corrected chi connectivity index (χ1v) is 6.41. The Bertz CT molecular complexity index is 753. The Labute approximate surface area is 122 Å². The summed E-state index contributed by atoms with van der Waals surface area (Å²) in [4.78, 5) is 0. The van der Waals surface area contributed by atoms with Crippen LogP contribution in [0.15, 0.2) is 60.9 Å². The van der Waals surface area contributed by atoms with Crippen molar-refractivity contribution in [2.75, 3.05) is 7.11 Å². The van der Waals surface area contributed by atoms with E-state index in [0.29, 0.717) is 11.5 Å². The molecule has 0 aliphatic rings. The fourth-order valence-electron chi connectivity index (χ4n) is 1.99. The van der Waals surface area contributed by atoms with Crippen LogP contribution < -0.4 is 9.47 Å². The minimum absolute atomic E-state index is 0.157. The fraction of sp³-hybridized carbons (Fsp3) is 0.0625. The first kappa shape index (κ1) is 13.1. The Balaban J connectivity index is 1.86. The predicted octanol–water partition coefficient (Wildman–Crippen LogP) is 3.38. The highest BCUT2D eigenvalue weighted by Crippen LogP contribution is 2.27. The maximum atomic E-state index is 9.43. The summed E-state index contributed by atoms with van der Waals surface area (Å²) in [5, 5.41) is 13.7. The third kappa shape index (κ3) is 2.81. The summed E-state index contributed by atoms with van der Waals surface area (Å²) in [5.41, 5.74) is 0.825. The molecule has 21 heavy (non-hydrogen) atoms. The predicted molar refractivity (Wildman–Crippen MR) is 78.3 cm³/mol. The molecular formula is C16H14N2O3. The molecule has 5 nitrogen and oxygen atoms in total. The SMILES string of the molecule is COc1ccccc1-n1cc(Oc2cccc(O)c2)cn1. The molecule has 0 saturated heterocycles. The van der Waals surface area contributed by atoms with Crippen molar-refractivity contribution >= 4 is 0 Å². The van der Waals surface area contributed by atoms with Crippen molar-refractivity contribution in [1.29, 1.82) is 0 Å². The summed E-state index contributed by atoms with van der Waals surface area (Å²) < 4.78 is 12.6. The molecule has 0 spiro atoms. The van der Waals surface area contributed by atoms with Gasteiger partial charge in [0.05, 0.1) is 19.5 Å². The van der Waals surface area contributed by atoms with Crippen LogP contribution in [0.3, 0.4) is 0 Å². The first-order valence-electron chi connectivity index (χ1n) is 6.41. The van der Waals surface area contributed by atoms with Crippen LogP contribution in [0.4, 0.5) is 0 Å². The van der Waals surface area contributed by atoms with Gasteiger partial charge in [0.2, 0.25) is 0 Å². The minimum atomic E-state index is 0.157. The van der Waals surface area contributed by atoms with Crippen LogP contribution in [0.25, 0.3) is 5.69 Å². The number of phenols is 1. The average Bonchev–Trinajstić information content (AvgIpc) is 2.95. The third-order valence-electron chi connectivity index (χ3n) is 2.94. The van der Waals surface area contributed by atoms with E-state index < -0.39 is 0 Å². The number of hydrogen-bond donors (Lipinski definition) is 1. The van der Waals surface area contributed by atoms with Gasteiger partial charge in [-0.05, 0) is 24.3 Å². The Kier molecular flexibility index (Phi) is 3.47. The number of hydrogen-bond acceptors (Lipinski definition) is 4. The van der Waals surface area contributed by atoms with Gasteiger partial charge in [-0.3, -0.25) is 0 Å². The van der Waals surface area contributed by atoms with Crippen LogP contribution in [0.5, 0.6) is 23.0 Å². The van der Waals surface area contributed by atoms with Crippen LogP contribution >= 0.6 is 0 Å². The fourth-order valence-corrected chi connectivity index (χ4v) is 1.99. The number of aromatic nitrogens is 2. The van der Waals surface area contributed by atoms with Crippen LogP contribution in [0.2, 0.25) is 0 Å². The molecular weight excluding hydrogens is 268 g/mol. The molecule has 1 N–H and O–H groups in total. The lowest BCUT2D eigenvalue weighted by molar-refractivity contribution is 0.411. The highest BCUT2D eigenvalue weighted by atomic mass is 16.5. The van der Waals surface area contributed by atoms with Gasteiger partial charge in [-0.15, -0.1) is 0 Å². The molecule has 0 bridgehead atoms. The topological polar surface area (TPSA) is 56.5 Å². The smallest absolute Gasteiger partial charge is 0.165 e. The van der Waals surface area contributed by atoms with E-state index in [1.165, 1.54) is 0 Å². The second-order valence-corrected chi connectivity index (χ2v) is 4.39. The van der Waals surface area contributed by atoms with Gasteiger partial charge in [0.1, 0.15) is 22.9 Å². The molecule has 2 aromatic carbocycles. The molecule has 0 aliphatic carbocycles. The van der Waals surface area contributed by atoms with Gasteiger partial charge in [0, 0.05) is 6.07 Å². The summed E-state index contributed by atoms with van der Waals surface area (Å²) in [6.45, 7) is 0. The number of benzene rings is 2. The zero-order valence-corrected chi connectivity index (χ0v) is 11.4. The number of para-hydroxylation sites is 2. The van der Waals surface area contributed by atoms with E-state index >= 15 is 0 Å². The highest BCUT2D eigenvalue weighted by molar-refractivity contribution is 5.46. The van der Waals surface area contributed by atoms with E-state index in [4.69, 9.17) is 9.47 Å². The second-order valence-electron chi connectivity index (χ2n) is 4.39. The molecule has 1 heterocycles. The quantitative estimate of drug-likeness (QED) is 0.797. The van der Waals surface area contributed by atoms with Crippen molar-refractivity contribution in [3.05, 3.63) is 60.9 Å². The summed E-state index contributed by atoms with van der Waals surface area (Å²) in [6.07, 6.45) is 3.36. The highest BCUT2D eigenvalue weighted by Gasteiger charge is 2.07. The number of methoxy groups -OCH3 is 1. The minimum Gasteiger partial charge on any atom is -0.508 e. The Morgan fingerprint density at radius 2 is 1.90 bits per heavy atom. The van der Waals surface area contributed by atoms with Gasteiger partial charge in [0.15, 0.2) is 5.75 Å². The van der Waals surface area contributed by atoms with Crippen molar-refractivity contribution in [2.45, 2.75) is 0 Å². The molecule has 0 unspecified atom stereocenters. The van der Waals surface area contributed by atoms with Crippen molar-refractivity contribution in [2.24, 2.45) is 0 Å². The molecule has 0 saturated carbocycles. The van der Waals surface area contributed by atoms with Crippen molar-refractivity contribution in [3.63, 3.8) is 0 Å². The molecule has 0 atom stereocenters. The Morgan fingerprint density at radius 1 is 1.05 bits per heavy atom. The Morgan fingerprint density at radius 3 is 2.71 bits per heavy atom. The van der Waals surface area contributed by atoms with Gasteiger partial charge in [-0.2, -0.15) is 5.10 Å². The standard InChI is InChI=1S/C16H14N2O3/c1-20-16-8-3-2-7-15(16)18-11-14(10-17-18)21-13-6-4-5-12(19)9-13/h2-11,19H,1H3. The molecule has 0 aliphatic heterocycles. The average molecular weight is 282 g/mol. The van der Waals surface area contributed by atoms with Gasteiger partial charge in [0.25, 0.3) is 0 Å². The lowest BCUT2D eigenvalue weighted by Gasteiger charge is -2.07. The van der Waals surface area contributed by atoms with Crippen LogP contribution in [-0.2, 0) is 0 Å². The normalized spacial score (nSPS) is 10.3. The van der Waals surface area contributed by atoms with E-state index in [1.807, 2.05) is 24.3 Å². The molecule has 0 fully saturated rings. The van der Waals surface area contributed by atoms with Crippen LogP contribution in [-0.4, -0.2) is 22.0 Å². The van der Waals surface area contributed by atoms with Gasteiger partial charge in [-0.1, -0.05) is 18.2 Å². The van der Waals surface area contributed by atoms with E-state index in [-0.39, 0.29) is 5.75 Å². The van der Waals surface area contributed by atoms with E-state index in [0.717, 1.165) is 11.4 Å². The number of ether oxygens (including phenoxy) is 2. The van der Waals surface area contributed by atoms with Gasteiger partial charge < -0.3 is 14.6 Å². The van der Waals surface area contributed by atoms with Crippen molar-refractivity contribution in [3.8, 4) is 28.7 Å². The zero-order chi connectivity index (χ0) is 14.7. The summed E-state index contributed by atoms with van der Waals surface area (Å²) in [7, 11) is 1.62. The van der Waals surface area contributed by atoms with Crippen molar-refractivity contribution in [1.82, 2.24) is 9.78 Å². The summed E-state index contributed by atoms with van der Waals surface area (Å²) in [5.74, 6) is 2.01. The van der Waals surface area contributed by atoms with Gasteiger partial charge in [-0.25, -0.2) is 4.68 Å².